The number of halogens is 1. The molecule has 3 aromatic carbocycles. The van der Waals surface area contributed by atoms with Crippen molar-refractivity contribution in [1.29, 1.82) is 0 Å². The Morgan fingerprint density at radius 2 is 1.62 bits per heavy atom. The van der Waals surface area contributed by atoms with Gasteiger partial charge in [0.2, 0.25) is 5.91 Å². The van der Waals surface area contributed by atoms with Crippen LogP contribution in [0, 0.1) is 19.7 Å². The Balaban J connectivity index is 1.89. The van der Waals surface area contributed by atoms with Crippen LogP contribution in [0.3, 0.4) is 0 Å². The number of rotatable bonds is 8. The first kappa shape index (κ1) is 23.5. The maximum atomic E-state index is 13.5. The van der Waals surface area contributed by atoms with E-state index in [-0.39, 0.29) is 16.6 Å². The van der Waals surface area contributed by atoms with Crippen LogP contribution in [0.2, 0.25) is 0 Å². The van der Waals surface area contributed by atoms with Crippen LogP contribution in [0.15, 0.2) is 77.7 Å². The molecule has 0 heterocycles. The van der Waals surface area contributed by atoms with Gasteiger partial charge in [-0.15, -0.1) is 0 Å². The maximum absolute atomic E-state index is 13.5. The third-order valence-corrected chi connectivity index (χ3v) is 7.20. The Bertz CT molecular complexity index is 1180. The summed E-state index contributed by atoms with van der Waals surface area (Å²) >= 11 is 0. The Morgan fingerprint density at radius 1 is 0.969 bits per heavy atom. The molecular weight excluding hydrogens is 427 g/mol. The molecule has 3 aromatic rings. The van der Waals surface area contributed by atoms with E-state index in [0.29, 0.717) is 6.42 Å². The molecule has 1 amide bonds. The molecular formula is C25H27FN2O3S. The summed E-state index contributed by atoms with van der Waals surface area (Å²) in [4.78, 5) is 13.0. The Hall–Kier alpha value is -3.19. The number of nitrogens with zero attached hydrogens (tertiary/aromatic N) is 1. The van der Waals surface area contributed by atoms with E-state index in [1.807, 2.05) is 39.0 Å². The van der Waals surface area contributed by atoms with Gasteiger partial charge in [0.1, 0.15) is 12.4 Å². The summed E-state index contributed by atoms with van der Waals surface area (Å²) in [5, 5.41) is 2.95. The van der Waals surface area contributed by atoms with Crippen molar-refractivity contribution < 1.29 is 17.6 Å². The third-order valence-electron chi connectivity index (χ3n) is 5.41. The van der Waals surface area contributed by atoms with Gasteiger partial charge in [-0.1, -0.05) is 43.3 Å². The zero-order valence-electron chi connectivity index (χ0n) is 18.4. The van der Waals surface area contributed by atoms with Crippen molar-refractivity contribution in [1.82, 2.24) is 5.32 Å². The van der Waals surface area contributed by atoms with E-state index in [9.17, 15) is 17.6 Å². The highest BCUT2D eigenvalue weighted by atomic mass is 32.2. The lowest BCUT2D eigenvalue weighted by Gasteiger charge is -2.26. The standard InChI is InChI=1S/C25H27FN2O3S/c1-4-24(20-11-10-18(2)19(3)16-20)27-25(29)17-28(22-14-12-21(26)13-15-22)32(30,31)23-8-6-5-7-9-23/h5-16,24H,4,17H2,1-3H3,(H,27,29). The molecule has 3 rings (SSSR count). The second-order valence-corrected chi connectivity index (χ2v) is 9.54. The van der Waals surface area contributed by atoms with E-state index in [2.05, 4.69) is 5.32 Å². The molecule has 0 spiro atoms. The van der Waals surface area contributed by atoms with E-state index < -0.39 is 28.3 Å². The first-order chi connectivity index (χ1) is 15.2. The molecule has 0 radical (unpaired) electrons. The van der Waals surface area contributed by atoms with Gasteiger partial charge in [0.05, 0.1) is 16.6 Å². The highest BCUT2D eigenvalue weighted by Crippen LogP contribution is 2.25. The second-order valence-electron chi connectivity index (χ2n) is 7.67. The summed E-state index contributed by atoms with van der Waals surface area (Å²) in [7, 11) is -4.03. The SMILES string of the molecule is CCC(NC(=O)CN(c1ccc(F)cc1)S(=O)(=O)c1ccccc1)c1ccc(C)c(C)c1. The van der Waals surface area contributed by atoms with E-state index in [0.717, 1.165) is 21.0 Å². The predicted molar refractivity (Wildman–Crippen MR) is 124 cm³/mol. The number of anilines is 1. The van der Waals surface area contributed by atoms with Crippen molar-refractivity contribution in [2.24, 2.45) is 0 Å². The minimum Gasteiger partial charge on any atom is -0.348 e. The molecule has 1 atom stereocenters. The van der Waals surface area contributed by atoms with Crippen LogP contribution >= 0.6 is 0 Å². The molecule has 1 N–H and O–H groups in total. The van der Waals surface area contributed by atoms with Crippen molar-refractivity contribution in [2.45, 2.75) is 38.1 Å². The fraction of sp³-hybridized carbons (Fsp3) is 0.240. The molecule has 0 saturated heterocycles. The summed E-state index contributed by atoms with van der Waals surface area (Å²) in [6.07, 6.45) is 0.649. The predicted octanol–water partition coefficient (Wildman–Crippen LogP) is 4.91. The van der Waals surface area contributed by atoms with Crippen molar-refractivity contribution in [3.63, 3.8) is 0 Å². The number of hydrogen-bond donors (Lipinski definition) is 1. The van der Waals surface area contributed by atoms with Crippen LogP contribution in [-0.2, 0) is 14.8 Å². The maximum Gasteiger partial charge on any atom is 0.264 e. The molecule has 0 bridgehead atoms. The van der Waals surface area contributed by atoms with Gasteiger partial charge in [0.25, 0.3) is 10.0 Å². The van der Waals surface area contributed by atoms with Crippen LogP contribution in [0.4, 0.5) is 10.1 Å². The monoisotopic (exact) mass is 454 g/mol. The zero-order valence-corrected chi connectivity index (χ0v) is 19.2. The van der Waals surface area contributed by atoms with Crippen LogP contribution in [-0.4, -0.2) is 20.9 Å². The molecule has 0 aromatic heterocycles. The number of carbonyl (C=O) groups is 1. The fourth-order valence-corrected chi connectivity index (χ4v) is 4.86. The summed E-state index contributed by atoms with van der Waals surface area (Å²) in [5.41, 5.74) is 3.45. The van der Waals surface area contributed by atoms with Crippen LogP contribution in [0.5, 0.6) is 0 Å². The van der Waals surface area contributed by atoms with E-state index >= 15 is 0 Å². The van der Waals surface area contributed by atoms with Gasteiger partial charge in [-0.2, -0.15) is 0 Å². The van der Waals surface area contributed by atoms with E-state index in [1.54, 1.807) is 18.2 Å². The van der Waals surface area contributed by atoms with Gasteiger partial charge >= 0.3 is 0 Å². The number of hydrogen-bond acceptors (Lipinski definition) is 3. The van der Waals surface area contributed by atoms with Gasteiger partial charge in [-0.05, 0) is 73.4 Å². The minimum atomic E-state index is -4.03. The molecule has 32 heavy (non-hydrogen) atoms. The van der Waals surface area contributed by atoms with Crippen LogP contribution in [0.25, 0.3) is 0 Å². The molecule has 5 nitrogen and oxygen atoms in total. The topological polar surface area (TPSA) is 66.5 Å². The highest BCUT2D eigenvalue weighted by Gasteiger charge is 2.28. The van der Waals surface area contributed by atoms with Crippen molar-refractivity contribution >= 4 is 21.6 Å². The average molecular weight is 455 g/mol. The van der Waals surface area contributed by atoms with Crippen LogP contribution in [0.1, 0.15) is 36.1 Å². The second kappa shape index (κ2) is 9.96. The lowest BCUT2D eigenvalue weighted by molar-refractivity contribution is -0.120. The minimum absolute atomic E-state index is 0.0540. The first-order valence-corrected chi connectivity index (χ1v) is 11.9. The normalized spacial score (nSPS) is 12.2. The quantitative estimate of drug-likeness (QED) is 0.526. The van der Waals surface area contributed by atoms with Crippen molar-refractivity contribution in [3.8, 4) is 0 Å². The summed E-state index contributed by atoms with van der Waals surface area (Å²) in [6, 6.07) is 18.7. The van der Waals surface area contributed by atoms with Gasteiger partial charge in [0.15, 0.2) is 0 Å². The molecule has 7 heteroatoms. The summed E-state index contributed by atoms with van der Waals surface area (Å²) in [6.45, 7) is 5.56. The van der Waals surface area contributed by atoms with Gasteiger partial charge in [-0.25, -0.2) is 12.8 Å². The molecule has 0 fully saturated rings. The number of nitrogens with one attached hydrogen (secondary N) is 1. The number of carbonyl (C=O) groups excluding carboxylic acids is 1. The van der Waals surface area contributed by atoms with E-state index in [1.165, 1.54) is 36.4 Å². The Morgan fingerprint density at radius 3 is 2.22 bits per heavy atom. The van der Waals surface area contributed by atoms with E-state index in [4.69, 9.17) is 0 Å². The molecule has 0 saturated carbocycles. The number of aryl methyl sites for hydroxylation is 2. The highest BCUT2D eigenvalue weighted by molar-refractivity contribution is 7.92. The number of sulfonamides is 1. The fourth-order valence-electron chi connectivity index (χ4n) is 3.41. The molecule has 0 aliphatic rings. The Kier molecular flexibility index (Phi) is 7.30. The number of amides is 1. The molecule has 168 valence electrons. The average Bonchev–Trinajstić information content (AvgIpc) is 2.79. The van der Waals surface area contributed by atoms with Crippen LogP contribution < -0.4 is 9.62 Å². The molecule has 0 aliphatic heterocycles. The van der Waals surface area contributed by atoms with Crippen molar-refractivity contribution in [3.05, 3.63) is 95.3 Å². The summed E-state index contributed by atoms with van der Waals surface area (Å²) in [5.74, 6) is -0.935. The molecule has 0 aliphatic carbocycles. The van der Waals surface area contributed by atoms with Crippen molar-refractivity contribution in [2.75, 3.05) is 10.8 Å². The van der Waals surface area contributed by atoms with Gasteiger partial charge in [-0.3, -0.25) is 9.10 Å². The zero-order chi connectivity index (χ0) is 23.3. The van der Waals surface area contributed by atoms with Gasteiger partial charge in [0, 0.05) is 0 Å². The smallest absolute Gasteiger partial charge is 0.264 e. The lowest BCUT2D eigenvalue weighted by Crippen LogP contribution is -2.42. The first-order valence-electron chi connectivity index (χ1n) is 10.4. The summed E-state index contributed by atoms with van der Waals surface area (Å²) < 4.78 is 41.1. The largest absolute Gasteiger partial charge is 0.348 e. The Labute approximate surface area is 188 Å². The lowest BCUT2D eigenvalue weighted by atomic mass is 9.99. The number of benzene rings is 3. The van der Waals surface area contributed by atoms with Gasteiger partial charge < -0.3 is 5.32 Å². The molecule has 1 unspecified atom stereocenters. The third kappa shape index (κ3) is 5.34.